The smallest absolute Gasteiger partial charge is 0.0349 e. The first kappa shape index (κ1) is 14.5. The van der Waals surface area contributed by atoms with E-state index < -0.39 is 0 Å². The molecule has 1 atom stereocenters. The molecular weight excluding hydrogens is 358 g/mol. The van der Waals surface area contributed by atoms with Gasteiger partial charge >= 0.3 is 0 Å². The van der Waals surface area contributed by atoms with E-state index in [0.29, 0.717) is 6.04 Å². The number of nitrogens with zero attached hydrogens (tertiary/aromatic N) is 2. The molecule has 0 aliphatic carbocycles. The topological polar surface area (TPSA) is 32.5 Å². The van der Waals surface area contributed by atoms with Gasteiger partial charge in [-0.1, -0.05) is 6.07 Å². The number of likely N-dealkylation sites (N-methyl/N-ethyl adjacent to an activating group) is 1. The Kier molecular flexibility index (Phi) is 5.21. The van der Waals surface area contributed by atoms with Crippen molar-refractivity contribution in [3.8, 4) is 0 Å². The highest BCUT2D eigenvalue weighted by Gasteiger charge is 2.23. The normalized spacial score (nSPS) is 22.3. The van der Waals surface area contributed by atoms with E-state index in [9.17, 15) is 0 Å². The maximum absolute atomic E-state index is 5.88. The summed E-state index contributed by atoms with van der Waals surface area (Å²) in [4.78, 5) is 4.83. The standard InChI is InChI=1S/C13H19Br2N3/c1-17-4-5-18(11(7-16)9-17)8-10-2-3-12(14)13(15)6-10/h2-3,6,11H,4-5,7-9,16H2,1H3. The van der Waals surface area contributed by atoms with Crippen molar-refractivity contribution in [1.29, 1.82) is 0 Å². The van der Waals surface area contributed by atoms with Crippen molar-refractivity contribution in [3.05, 3.63) is 32.7 Å². The van der Waals surface area contributed by atoms with E-state index in [0.717, 1.165) is 41.7 Å². The van der Waals surface area contributed by atoms with Gasteiger partial charge in [0.25, 0.3) is 0 Å². The Hall–Kier alpha value is 0.0600. The van der Waals surface area contributed by atoms with Crippen molar-refractivity contribution in [2.45, 2.75) is 12.6 Å². The predicted molar refractivity (Wildman–Crippen MR) is 82.6 cm³/mol. The third-order valence-corrected chi connectivity index (χ3v) is 5.33. The van der Waals surface area contributed by atoms with Crippen LogP contribution in [0.2, 0.25) is 0 Å². The van der Waals surface area contributed by atoms with Gasteiger partial charge in [0.2, 0.25) is 0 Å². The first-order chi connectivity index (χ1) is 8.60. The average Bonchev–Trinajstić information content (AvgIpc) is 2.36. The molecule has 0 amide bonds. The Morgan fingerprint density at radius 3 is 2.72 bits per heavy atom. The summed E-state index contributed by atoms with van der Waals surface area (Å²) < 4.78 is 2.21. The zero-order valence-corrected chi connectivity index (χ0v) is 13.7. The molecule has 18 heavy (non-hydrogen) atoms. The molecule has 100 valence electrons. The first-order valence-electron chi connectivity index (χ1n) is 6.16. The van der Waals surface area contributed by atoms with Crippen LogP contribution < -0.4 is 5.73 Å². The molecule has 1 fully saturated rings. The zero-order valence-electron chi connectivity index (χ0n) is 10.6. The van der Waals surface area contributed by atoms with Gasteiger partial charge in [-0.2, -0.15) is 0 Å². The summed E-state index contributed by atoms with van der Waals surface area (Å²) in [6.45, 7) is 4.97. The number of halogens is 2. The van der Waals surface area contributed by atoms with Crippen LogP contribution in [0.15, 0.2) is 27.1 Å². The number of hydrogen-bond donors (Lipinski definition) is 1. The zero-order chi connectivity index (χ0) is 13.1. The number of piperazine rings is 1. The van der Waals surface area contributed by atoms with Gasteiger partial charge in [0.1, 0.15) is 0 Å². The van der Waals surface area contributed by atoms with Crippen LogP contribution >= 0.6 is 31.9 Å². The highest BCUT2D eigenvalue weighted by Crippen LogP contribution is 2.25. The summed E-state index contributed by atoms with van der Waals surface area (Å²) >= 11 is 7.06. The molecule has 0 aromatic heterocycles. The lowest BCUT2D eigenvalue weighted by Gasteiger charge is -2.39. The molecule has 1 saturated heterocycles. The lowest BCUT2D eigenvalue weighted by atomic mass is 10.1. The molecule has 0 radical (unpaired) electrons. The van der Waals surface area contributed by atoms with Gasteiger partial charge in [-0.15, -0.1) is 0 Å². The maximum Gasteiger partial charge on any atom is 0.0349 e. The van der Waals surface area contributed by atoms with E-state index in [2.05, 4.69) is 66.9 Å². The molecule has 1 aromatic rings. The van der Waals surface area contributed by atoms with Gasteiger partial charge in [0.15, 0.2) is 0 Å². The molecule has 0 bridgehead atoms. The Balaban J connectivity index is 2.05. The van der Waals surface area contributed by atoms with Gasteiger partial charge in [-0.05, 0) is 56.6 Å². The van der Waals surface area contributed by atoms with Crippen molar-refractivity contribution in [3.63, 3.8) is 0 Å². The number of hydrogen-bond acceptors (Lipinski definition) is 3. The van der Waals surface area contributed by atoms with Crippen LogP contribution in [0, 0.1) is 0 Å². The van der Waals surface area contributed by atoms with Crippen LogP contribution in [0.3, 0.4) is 0 Å². The number of benzene rings is 1. The minimum absolute atomic E-state index is 0.464. The second-order valence-electron chi connectivity index (χ2n) is 4.87. The fourth-order valence-electron chi connectivity index (χ4n) is 2.35. The van der Waals surface area contributed by atoms with E-state index in [-0.39, 0.29) is 0 Å². The van der Waals surface area contributed by atoms with Crippen LogP contribution in [0.1, 0.15) is 5.56 Å². The lowest BCUT2D eigenvalue weighted by Crippen LogP contribution is -2.54. The van der Waals surface area contributed by atoms with Crippen molar-refractivity contribution < 1.29 is 0 Å². The Morgan fingerprint density at radius 1 is 1.28 bits per heavy atom. The average molecular weight is 377 g/mol. The minimum atomic E-state index is 0.464. The van der Waals surface area contributed by atoms with E-state index >= 15 is 0 Å². The Morgan fingerprint density at radius 2 is 2.06 bits per heavy atom. The Bertz CT molecular complexity index is 411. The quantitative estimate of drug-likeness (QED) is 0.878. The second-order valence-corrected chi connectivity index (χ2v) is 6.58. The van der Waals surface area contributed by atoms with Crippen molar-refractivity contribution in [1.82, 2.24) is 9.80 Å². The van der Waals surface area contributed by atoms with Gasteiger partial charge in [-0.25, -0.2) is 0 Å². The molecule has 5 heteroatoms. The van der Waals surface area contributed by atoms with Gasteiger partial charge in [-0.3, -0.25) is 4.90 Å². The van der Waals surface area contributed by atoms with E-state index in [1.807, 2.05) is 0 Å². The van der Waals surface area contributed by atoms with Crippen molar-refractivity contribution in [2.24, 2.45) is 5.73 Å². The summed E-state index contributed by atoms with van der Waals surface area (Å²) in [6.07, 6.45) is 0. The van der Waals surface area contributed by atoms with Gasteiger partial charge in [0, 0.05) is 47.7 Å². The number of rotatable bonds is 3. The van der Waals surface area contributed by atoms with Crippen LogP contribution in [0.4, 0.5) is 0 Å². The van der Waals surface area contributed by atoms with Crippen LogP contribution in [0.5, 0.6) is 0 Å². The van der Waals surface area contributed by atoms with Crippen LogP contribution in [-0.2, 0) is 6.54 Å². The molecular formula is C13H19Br2N3. The van der Waals surface area contributed by atoms with E-state index in [4.69, 9.17) is 5.73 Å². The predicted octanol–water partition coefficient (Wildman–Crippen LogP) is 2.29. The van der Waals surface area contributed by atoms with Crippen molar-refractivity contribution in [2.75, 3.05) is 33.2 Å². The van der Waals surface area contributed by atoms with Crippen LogP contribution in [-0.4, -0.2) is 49.1 Å². The first-order valence-corrected chi connectivity index (χ1v) is 7.75. The molecule has 2 rings (SSSR count). The minimum Gasteiger partial charge on any atom is -0.329 e. The van der Waals surface area contributed by atoms with Gasteiger partial charge < -0.3 is 10.6 Å². The molecule has 1 aliphatic rings. The summed E-state index contributed by atoms with van der Waals surface area (Å²) in [5.74, 6) is 0. The fourth-order valence-corrected chi connectivity index (χ4v) is 3.03. The van der Waals surface area contributed by atoms with E-state index in [1.165, 1.54) is 5.56 Å². The second kappa shape index (κ2) is 6.48. The fraction of sp³-hybridized carbons (Fsp3) is 0.538. The third-order valence-electron chi connectivity index (χ3n) is 3.45. The molecule has 2 N–H and O–H groups in total. The van der Waals surface area contributed by atoms with Crippen LogP contribution in [0.25, 0.3) is 0 Å². The summed E-state index contributed by atoms with van der Waals surface area (Å²) in [6, 6.07) is 6.90. The third kappa shape index (κ3) is 3.54. The monoisotopic (exact) mass is 375 g/mol. The van der Waals surface area contributed by atoms with Crippen molar-refractivity contribution >= 4 is 31.9 Å². The molecule has 1 heterocycles. The lowest BCUT2D eigenvalue weighted by molar-refractivity contribution is 0.0881. The highest BCUT2D eigenvalue weighted by molar-refractivity contribution is 9.13. The van der Waals surface area contributed by atoms with E-state index in [1.54, 1.807) is 0 Å². The molecule has 1 aromatic carbocycles. The maximum atomic E-state index is 5.88. The Labute approximate surface area is 126 Å². The molecule has 0 saturated carbocycles. The molecule has 3 nitrogen and oxygen atoms in total. The highest BCUT2D eigenvalue weighted by atomic mass is 79.9. The molecule has 0 spiro atoms. The summed E-state index contributed by atoms with van der Waals surface area (Å²) in [5, 5.41) is 0. The molecule has 1 unspecified atom stereocenters. The SMILES string of the molecule is CN1CCN(Cc2ccc(Br)c(Br)c2)C(CN)C1. The largest absolute Gasteiger partial charge is 0.329 e. The summed E-state index contributed by atoms with van der Waals surface area (Å²) in [7, 11) is 2.16. The summed E-state index contributed by atoms with van der Waals surface area (Å²) in [5.41, 5.74) is 7.21. The number of nitrogens with two attached hydrogens (primary N) is 1. The molecule has 1 aliphatic heterocycles. The van der Waals surface area contributed by atoms with Gasteiger partial charge in [0.05, 0.1) is 0 Å².